The first kappa shape index (κ1) is 13.9. The molecule has 4 nitrogen and oxygen atoms in total. The van der Waals surface area contributed by atoms with E-state index in [1.54, 1.807) is 0 Å². The SMILES string of the molecule is CC(N)CC(=O)N1CCC(Oc2ccccc2)CC1. The van der Waals surface area contributed by atoms with Crippen LogP contribution in [-0.2, 0) is 4.79 Å². The predicted molar refractivity (Wildman–Crippen MR) is 74.9 cm³/mol. The second-order valence-electron chi connectivity index (χ2n) is 5.19. The van der Waals surface area contributed by atoms with Crippen LogP contribution in [0.3, 0.4) is 0 Å². The molecule has 1 aromatic carbocycles. The molecule has 0 aromatic heterocycles. The van der Waals surface area contributed by atoms with E-state index in [0.717, 1.165) is 31.7 Å². The number of para-hydroxylation sites is 1. The molecule has 0 saturated carbocycles. The fourth-order valence-corrected chi connectivity index (χ4v) is 2.32. The van der Waals surface area contributed by atoms with Crippen LogP contribution in [0.1, 0.15) is 26.2 Å². The first-order valence-electron chi connectivity index (χ1n) is 6.90. The van der Waals surface area contributed by atoms with Crippen molar-refractivity contribution in [3.8, 4) is 5.75 Å². The lowest BCUT2D eigenvalue weighted by Crippen LogP contribution is -2.43. The summed E-state index contributed by atoms with van der Waals surface area (Å²) < 4.78 is 5.90. The Balaban J connectivity index is 1.78. The molecule has 1 amide bonds. The zero-order valence-corrected chi connectivity index (χ0v) is 11.4. The van der Waals surface area contributed by atoms with E-state index in [1.807, 2.05) is 42.2 Å². The van der Waals surface area contributed by atoms with E-state index in [1.165, 1.54) is 0 Å². The lowest BCUT2D eigenvalue weighted by molar-refractivity contribution is -0.133. The molecule has 2 N–H and O–H groups in total. The molecule has 1 aliphatic heterocycles. The molecule has 104 valence electrons. The number of amides is 1. The van der Waals surface area contributed by atoms with Crippen LogP contribution in [0.5, 0.6) is 5.75 Å². The summed E-state index contributed by atoms with van der Waals surface area (Å²) in [4.78, 5) is 13.8. The van der Waals surface area contributed by atoms with Crippen LogP contribution in [0.2, 0.25) is 0 Å². The van der Waals surface area contributed by atoms with Crippen LogP contribution in [0, 0.1) is 0 Å². The fourth-order valence-electron chi connectivity index (χ4n) is 2.32. The van der Waals surface area contributed by atoms with Gasteiger partial charge in [0.15, 0.2) is 0 Å². The van der Waals surface area contributed by atoms with Gasteiger partial charge in [-0.2, -0.15) is 0 Å². The van der Waals surface area contributed by atoms with Gasteiger partial charge in [-0.25, -0.2) is 0 Å². The quantitative estimate of drug-likeness (QED) is 0.900. The summed E-state index contributed by atoms with van der Waals surface area (Å²) in [6.45, 7) is 3.40. The van der Waals surface area contributed by atoms with Crippen molar-refractivity contribution in [3.63, 3.8) is 0 Å². The van der Waals surface area contributed by atoms with E-state index >= 15 is 0 Å². The Morgan fingerprint density at radius 1 is 1.37 bits per heavy atom. The Morgan fingerprint density at radius 2 is 2.00 bits per heavy atom. The second-order valence-corrected chi connectivity index (χ2v) is 5.19. The van der Waals surface area contributed by atoms with Crippen molar-refractivity contribution in [1.29, 1.82) is 0 Å². The summed E-state index contributed by atoms with van der Waals surface area (Å²) in [5, 5.41) is 0. The Hall–Kier alpha value is -1.55. The number of carbonyl (C=O) groups excluding carboxylic acids is 1. The second kappa shape index (κ2) is 6.57. The van der Waals surface area contributed by atoms with Crippen molar-refractivity contribution in [2.24, 2.45) is 5.73 Å². The van der Waals surface area contributed by atoms with Crippen molar-refractivity contribution >= 4 is 5.91 Å². The molecule has 1 atom stereocenters. The van der Waals surface area contributed by atoms with Gasteiger partial charge in [0.05, 0.1) is 0 Å². The van der Waals surface area contributed by atoms with E-state index in [4.69, 9.17) is 10.5 Å². The number of carbonyl (C=O) groups is 1. The van der Waals surface area contributed by atoms with Crippen molar-refractivity contribution in [2.45, 2.75) is 38.3 Å². The summed E-state index contributed by atoms with van der Waals surface area (Å²) >= 11 is 0. The van der Waals surface area contributed by atoms with Gasteiger partial charge in [-0.15, -0.1) is 0 Å². The predicted octanol–water partition coefficient (Wildman–Crippen LogP) is 1.79. The molecule has 1 unspecified atom stereocenters. The zero-order chi connectivity index (χ0) is 13.7. The number of hydrogen-bond acceptors (Lipinski definition) is 3. The summed E-state index contributed by atoms with van der Waals surface area (Å²) in [5.41, 5.74) is 5.66. The largest absolute Gasteiger partial charge is 0.490 e. The molecule has 0 aliphatic carbocycles. The van der Waals surface area contributed by atoms with Gasteiger partial charge in [0.25, 0.3) is 0 Å². The lowest BCUT2D eigenvalue weighted by Gasteiger charge is -2.32. The molecule has 1 heterocycles. The number of rotatable bonds is 4. The minimum absolute atomic E-state index is 0.0641. The van der Waals surface area contributed by atoms with Crippen LogP contribution in [-0.4, -0.2) is 36.0 Å². The molecule has 0 radical (unpaired) electrons. The molecule has 1 fully saturated rings. The van der Waals surface area contributed by atoms with Gasteiger partial charge in [0.1, 0.15) is 11.9 Å². The third-order valence-electron chi connectivity index (χ3n) is 3.34. The molecule has 4 heteroatoms. The molecule has 1 saturated heterocycles. The smallest absolute Gasteiger partial charge is 0.224 e. The topological polar surface area (TPSA) is 55.6 Å². The highest BCUT2D eigenvalue weighted by Gasteiger charge is 2.24. The maximum Gasteiger partial charge on any atom is 0.224 e. The average molecular weight is 262 g/mol. The van der Waals surface area contributed by atoms with E-state index in [-0.39, 0.29) is 18.1 Å². The monoisotopic (exact) mass is 262 g/mol. The third-order valence-corrected chi connectivity index (χ3v) is 3.34. The van der Waals surface area contributed by atoms with Crippen molar-refractivity contribution in [1.82, 2.24) is 4.90 Å². The summed E-state index contributed by atoms with van der Waals surface area (Å²) in [7, 11) is 0. The summed E-state index contributed by atoms with van der Waals surface area (Å²) in [6, 6.07) is 9.78. The zero-order valence-electron chi connectivity index (χ0n) is 11.4. The minimum Gasteiger partial charge on any atom is -0.490 e. The first-order chi connectivity index (χ1) is 9.15. The van der Waals surface area contributed by atoms with Crippen LogP contribution in [0.25, 0.3) is 0 Å². The highest BCUT2D eigenvalue weighted by atomic mass is 16.5. The Labute approximate surface area is 114 Å². The average Bonchev–Trinajstić information content (AvgIpc) is 2.40. The van der Waals surface area contributed by atoms with E-state index in [9.17, 15) is 4.79 Å². The molecule has 0 bridgehead atoms. The number of benzene rings is 1. The molecular weight excluding hydrogens is 240 g/mol. The van der Waals surface area contributed by atoms with Gasteiger partial charge in [0.2, 0.25) is 5.91 Å². The van der Waals surface area contributed by atoms with Crippen molar-refractivity contribution in [3.05, 3.63) is 30.3 Å². The molecule has 1 aliphatic rings. The third kappa shape index (κ3) is 4.24. The molecule has 1 aromatic rings. The van der Waals surface area contributed by atoms with E-state index < -0.39 is 0 Å². The maximum atomic E-state index is 11.9. The molecule has 19 heavy (non-hydrogen) atoms. The lowest BCUT2D eigenvalue weighted by atomic mass is 10.1. The number of ether oxygens (including phenoxy) is 1. The van der Waals surface area contributed by atoms with E-state index in [0.29, 0.717) is 6.42 Å². The van der Waals surface area contributed by atoms with Crippen LogP contribution < -0.4 is 10.5 Å². The van der Waals surface area contributed by atoms with Gasteiger partial charge >= 0.3 is 0 Å². The highest BCUT2D eigenvalue weighted by molar-refractivity contribution is 5.76. The van der Waals surface area contributed by atoms with Crippen LogP contribution in [0.15, 0.2) is 30.3 Å². The van der Waals surface area contributed by atoms with Crippen LogP contribution in [0.4, 0.5) is 0 Å². The molecular formula is C15H22N2O2. The van der Waals surface area contributed by atoms with Gasteiger partial charge in [-0.05, 0) is 19.1 Å². The van der Waals surface area contributed by atoms with E-state index in [2.05, 4.69) is 0 Å². The van der Waals surface area contributed by atoms with Gasteiger partial charge in [0, 0.05) is 38.4 Å². The Bertz CT molecular complexity index is 398. The Morgan fingerprint density at radius 3 is 2.58 bits per heavy atom. The number of hydrogen-bond donors (Lipinski definition) is 1. The maximum absolute atomic E-state index is 11.9. The standard InChI is InChI=1S/C15H22N2O2/c1-12(16)11-15(18)17-9-7-14(8-10-17)19-13-5-3-2-4-6-13/h2-6,12,14H,7-11,16H2,1H3. The normalized spacial score (nSPS) is 18.1. The minimum atomic E-state index is -0.0641. The summed E-state index contributed by atoms with van der Waals surface area (Å²) in [6.07, 6.45) is 2.42. The summed E-state index contributed by atoms with van der Waals surface area (Å²) in [5.74, 6) is 1.07. The van der Waals surface area contributed by atoms with Crippen LogP contribution >= 0.6 is 0 Å². The fraction of sp³-hybridized carbons (Fsp3) is 0.533. The molecule has 0 spiro atoms. The number of nitrogens with two attached hydrogens (primary N) is 1. The highest BCUT2D eigenvalue weighted by Crippen LogP contribution is 2.19. The number of nitrogens with zero attached hydrogens (tertiary/aromatic N) is 1. The van der Waals surface area contributed by atoms with Gasteiger partial charge < -0.3 is 15.4 Å². The molecule has 2 rings (SSSR count). The van der Waals surface area contributed by atoms with Gasteiger partial charge in [-0.1, -0.05) is 18.2 Å². The van der Waals surface area contributed by atoms with Crippen molar-refractivity contribution < 1.29 is 9.53 Å². The first-order valence-corrected chi connectivity index (χ1v) is 6.90. The van der Waals surface area contributed by atoms with Crippen molar-refractivity contribution in [2.75, 3.05) is 13.1 Å². The van der Waals surface area contributed by atoms with Gasteiger partial charge in [-0.3, -0.25) is 4.79 Å². The number of likely N-dealkylation sites (tertiary alicyclic amines) is 1. The Kier molecular flexibility index (Phi) is 4.80. The number of piperidine rings is 1.